The van der Waals surface area contributed by atoms with Gasteiger partial charge in [0.15, 0.2) is 15.6 Å². The molecule has 0 spiro atoms. The Morgan fingerprint density at radius 2 is 1.96 bits per heavy atom. The lowest BCUT2D eigenvalue weighted by molar-refractivity contribution is 0.0723. The molecule has 0 aliphatic heterocycles. The minimum absolute atomic E-state index is 0.0844. The van der Waals surface area contributed by atoms with Crippen molar-refractivity contribution in [3.63, 3.8) is 0 Å². The maximum absolute atomic E-state index is 13.1. The van der Waals surface area contributed by atoms with Crippen LogP contribution in [0.4, 0.5) is 0 Å². The maximum atomic E-state index is 13.1. The SMILES string of the molecule is CCN(Cc1ccc(Cl)s1)C(=O)c1oc2ccccc2c1CS(C)(=O)=O. The monoisotopic (exact) mass is 411 g/mol. The number of rotatable bonds is 6. The molecule has 3 rings (SSSR count). The normalized spacial score (nSPS) is 11.8. The molecular weight excluding hydrogens is 394 g/mol. The summed E-state index contributed by atoms with van der Waals surface area (Å²) in [6.45, 7) is 2.72. The zero-order valence-electron chi connectivity index (χ0n) is 14.4. The lowest BCUT2D eigenvalue weighted by Gasteiger charge is -2.19. The Balaban J connectivity index is 2.01. The number of furan rings is 1. The molecule has 0 atom stereocenters. The van der Waals surface area contributed by atoms with Crippen molar-refractivity contribution in [2.45, 2.75) is 19.2 Å². The third-order valence-corrected chi connectivity index (χ3v) is 5.97. The first-order valence-corrected chi connectivity index (χ1v) is 11.3. The van der Waals surface area contributed by atoms with Crippen LogP contribution in [0.5, 0.6) is 0 Å². The van der Waals surface area contributed by atoms with Crippen LogP contribution >= 0.6 is 22.9 Å². The van der Waals surface area contributed by atoms with Gasteiger partial charge in [0, 0.05) is 28.6 Å². The highest BCUT2D eigenvalue weighted by Gasteiger charge is 2.26. The van der Waals surface area contributed by atoms with E-state index in [1.807, 2.05) is 13.0 Å². The van der Waals surface area contributed by atoms with Crippen molar-refractivity contribution in [1.29, 1.82) is 0 Å². The average Bonchev–Trinajstić information content (AvgIpc) is 3.15. The summed E-state index contributed by atoms with van der Waals surface area (Å²) in [5, 5.41) is 0.650. The van der Waals surface area contributed by atoms with Gasteiger partial charge in [-0.25, -0.2) is 8.42 Å². The van der Waals surface area contributed by atoms with Crippen LogP contribution in [0.2, 0.25) is 4.34 Å². The first-order chi connectivity index (χ1) is 12.3. The quantitative estimate of drug-likeness (QED) is 0.604. The molecule has 8 heteroatoms. The van der Waals surface area contributed by atoms with Crippen molar-refractivity contribution in [3.8, 4) is 0 Å². The number of carbonyl (C=O) groups excluding carboxylic acids is 1. The average molecular weight is 412 g/mol. The van der Waals surface area contributed by atoms with Gasteiger partial charge in [0.1, 0.15) is 5.58 Å². The van der Waals surface area contributed by atoms with Crippen molar-refractivity contribution >= 4 is 49.7 Å². The van der Waals surface area contributed by atoms with Crippen LogP contribution in [0.25, 0.3) is 11.0 Å². The maximum Gasteiger partial charge on any atom is 0.290 e. The zero-order chi connectivity index (χ0) is 18.9. The molecule has 0 radical (unpaired) electrons. The molecule has 0 fully saturated rings. The number of benzene rings is 1. The third-order valence-electron chi connectivity index (χ3n) is 3.94. The van der Waals surface area contributed by atoms with E-state index < -0.39 is 9.84 Å². The van der Waals surface area contributed by atoms with Gasteiger partial charge in [0.05, 0.1) is 16.6 Å². The summed E-state index contributed by atoms with van der Waals surface area (Å²) in [7, 11) is -3.33. The van der Waals surface area contributed by atoms with Gasteiger partial charge in [0.25, 0.3) is 5.91 Å². The van der Waals surface area contributed by atoms with Crippen molar-refractivity contribution in [1.82, 2.24) is 4.90 Å². The molecule has 0 aliphatic carbocycles. The predicted octanol–water partition coefficient (Wildman–Crippen LogP) is 4.35. The van der Waals surface area contributed by atoms with Gasteiger partial charge in [-0.15, -0.1) is 11.3 Å². The number of nitrogens with zero attached hydrogens (tertiary/aromatic N) is 1. The van der Waals surface area contributed by atoms with Crippen LogP contribution < -0.4 is 0 Å². The van der Waals surface area contributed by atoms with Gasteiger partial charge < -0.3 is 9.32 Å². The lowest BCUT2D eigenvalue weighted by atomic mass is 10.1. The van der Waals surface area contributed by atoms with Crippen LogP contribution in [-0.2, 0) is 22.1 Å². The Hall–Kier alpha value is -1.83. The highest BCUT2D eigenvalue weighted by Crippen LogP contribution is 2.29. The lowest BCUT2D eigenvalue weighted by Crippen LogP contribution is -2.30. The van der Waals surface area contributed by atoms with E-state index in [4.69, 9.17) is 16.0 Å². The predicted molar refractivity (Wildman–Crippen MR) is 105 cm³/mol. The van der Waals surface area contributed by atoms with Gasteiger partial charge in [-0.2, -0.15) is 0 Å². The van der Waals surface area contributed by atoms with Crippen LogP contribution in [0.15, 0.2) is 40.8 Å². The van der Waals surface area contributed by atoms with Gasteiger partial charge in [-0.05, 0) is 25.1 Å². The molecule has 0 unspecified atom stereocenters. The molecule has 3 aromatic rings. The smallest absolute Gasteiger partial charge is 0.290 e. The summed E-state index contributed by atoms with van der Waals surface area (Å²) >= 11 is 7.37. The summed E-state index contributed by atoms with van der Waals surface area (Å²) in [5.74, 6) is -0.485. The number of thiophene rings is 1. The topological polar surface area (TPSA) is 67.6 Å². The Morgan fingerprint density at radius 3 is 2.58 bits per heavy atom. The van der Waals surface area contributed by atoms with E-state index in [0.29, 0.717) is 34.0 Å². The van der Waals surface area contributed by atoms with E-state index in [1.165, 1.54) is 11.3 Å². The molecular formula is C18H18ClNO4S2. The molecule has 2 heterocycles. The fourth-order valence-corrected chi connectivity index (χ4v) is 4.69. The first kappa shape index (κ1) is 18.9. The van der Waals surface area contributed by atoms with E-state index in [2.05, 4.69) is 0 Å². The van der Waals surface area contributed by atoms with E-state index in [9.17, 15) is 13.2 Å². The number of para-hydroxylation sites is 1. The number of sulfone groups is 1. The Kier molecular flexibility index (Phi) is 5.41. The highest BCUT2D eigenvalue weighted by atomic mass is 35.5. The van der Waals surface area contributed by atoms with Crippen LogP contribution in [-0.4, -0.2) is 32.0 Å². The van der Waals surface area contributed by atoms with Gasteiger partial charge in [0.2, 0.25) is 0 Å². The Morgan fingerprint density at radius 1 is 1.23 bits per heavy atom. The highest BCUT2D eigenvalue weighted by molar-refractivity contribution is 7.89. The molecule has 138 valence electrons. The van der Waals surface area contributed by atoms with Crippen LogP contribution in [0, 0.1) is 0 Å². The molecule has 2 aromatic heterocycles. The fraction of sp³-hybridized carbons (Fsp3) is 0.278. The van der Waals surface area contributed by atoms with Crippen LogP contribution in [0.3, 0.4) is 0 Å². The van der Waals surface area contributed by atoms with Crippen molar-refractivity contribution in [2.75, 3.05) is 12.8 Å². The van der Waals surface area contributed by atoms with Crippen molar-refractivity contribution < 1.29 is 17.6 Å². The number of fused-ring (bicyclic) bond motifs is 1. The van der Waals surface area contributed by atoms with Gasteiger partial charge >= 0.3 is 0 Å². The largest absolute Gasteiger partial charge is 0.451 e. The summed E-state index contributed by atoms with van der Waals surface area (Å²) in [5.41, 5.74) is 0.917. The summed E-state index contributed by atoms with van der Waals surface area (Å²) in [6, 6.07) is 10.7. The van der Waals surface area contributed by atoms with E-state index in [-0.39, 0.29) is 17.4 Å². The van der Waals surface area contributed by atoms with Crippen molar-refractivity contribution in [2.24, 2.45) is 0 Å². The van der Waals surface area contributed by atoms with Crippen LogP contribution in [0.1, 0.15) is 27.9 Å². The molecule has 1 amide bonds. The Bertz CT molecular complexity index is 1050. The first-order valence-electron chi connectivity index (χ1n) is 8.00. The van der Waals surface area contributed by atoms with E-state index in [0.717, 1.165) is 11.1 Å². The number of amides is 1. The summed E-state index contributed by atoms with van der Waals surface area (Å²) in [6.07, 6.45) is 1.15. The number of hydrogen-bond donors (Lipinski definition) is 0. The zero-order valence-corrected chi connectivity index (χ0v) is 16.7. The molecule has 0 aliphatic rings. The molecule has 0 bridgehead atoms. The second-order valence-electron chi connectivity index (χ2n) is 6.00. The molecule has 26 heavy (non-hydrogen) atoms. The summed E-state index contributed by atoms with van der Waals surface area (Å²) in [4.78, 5) is 15.6. The molecule has 0 saturated heterocycles. The van der Waals surface area contributed by atoms with E-state index in [1.54, 1.807) is 35.2 Å². The molecule has 0 N–H and O–H groups in total. The number of carbonyl (C=O) groups is 1. The minimum atomic E-state index is -3.33. The van der Waals surface area contributed by atoms with Crippen molar-refractivity contribution in [3.05, 3.63) is 56.9 Å². The number of hydrogen-bond acceptors (Lipinski definition) is 5. The molecule has 5 nitrogen and oxygen atoms in total. The van der Waals surface area contributed by atoms with E-state index >= 15 is 0 Å². The number of halogens is 1. The molecule has 0 saturated carbocycles. The second-order valence-corrected chi connectivity index (χ2v) is 9.94. The fourth-order valence-electron chi connectivity index (χ4n) is 2.77. The summed E-state index contributed by atoms with van der Waals surface area (Å²) < 4.78 is 30.2. The van der Waals surface area contributed by atoms with Gasteiger partial charge in [-0.1, -0.05) is 29.8 Å². The third kappa shape index (κ3) is 4.11. The van der Waals surface area contributed by atoms with Gasteiger partial charge in [-0.3, -0.25) is 4.79 Å². The second kappa shape index (κ2) is 7.42. The molecule has 1 aromatic carbocycles. The Labute approximate surface area is 161 Å². The standard InChI is InChI=1S/C18H18ClNO4S2/c1-3-20(10-12-8-9-16(19)25-12)18(21)17-14(11-26(2,22)23)13-6-4-5-7-15(13)24-17/h4-9H,3,10-11H2,1-2H3. The minimum Gasteiger partial charge on any atom is -0.451 e.